The Morgan fingerprint density at radius 2 is 0.867 bits per heavy atom. The summed E-state index contributed by atoms with van der Waals surface area (Å²) in [6.07, 6.45) is -0.167. The van der Waals surface area contributed by atoms with Gasteiger partial charge in [-0.3, -0.25) is 16.8 Å². The standard InChI is InChI=1S/C3H8O.2H2O4S.Zr/c1-3(2)4;2*1-5(2,3)4;/h3-4H,1-2H3;2*(H2,1,2,3,4);/q;;;+4/p-4. The van der Waals surface area contributed by atoms with E-state index in [0.717, 1.165) is 0 Å². The summed E-state index contributed by atoms with van der Waals surface area (Å²) in [7, 11) is -10.3. The zero-order valence-electron chi connectivity index (χ0n) is 7.61. The van der Waals surface area contributed by atoms with Crippen LogP contribution < -0.4 is 0 Å². The van der Waals surface area contributed by atoms with Crippen molar-refractivity contribution in [2.75, 3.05) is 0 Å². The van der Waals surface area contributed by atoms with Gasteiger partial charge in [0.25, 0.3) is 0 Å². The van der Waals surface area contributed by atoms with Crippen LogP contribution in [0.15, 0.2) is 0 Å². The van der Waals surface area contributed by atoms with Crippen molar-refractivity contribution in [3.05, 3.63) is 0 Å². The monoisotopic (exact) mass is 342 g/mol. The molecule has 1 N–H and O–H groups in total. The molecule has 0 radical (unpaired) electrons. The van der Waals surface area contributed by atoms with Gasteiger partial charge in [0, 0.05) is 26.9 Å². The van der Waals surface area contributed by atoms with Crippen molar-refractivity contribution < 1.29 is 66.4 Å². The van der Waals surface area contributed by atoms with Gasteiger partial charge in [-0.2, -0.15) is 0 Å². The van der Waals surface area contributed by atoms with E-state index >= 15 is 0 Å². The third-order valence-electron chi connectivity index (χ3n) is 0. The van der Waals surface area contributed by atoms with Crippen LogP contribution in [0.1, 0.15) is 13.8 Å². The first-order chi connectivity index (χ1) is 5.73. The minimum atomic E-state index is -5.17. The first-order valence-electron chi connectivity index (χ1n) is 2.75. The van der Waals surface area contributed by atoms with Crippen LogP contribution in [-0.2, 0) is 47.0 Å². The summed E-state index contributed by atoms with van der Waals surface area (Å²) in [4.78, 5) is 0. The van der Waals surface area contributed by atoms with E-state index in [2.05, 4.69) is 0 Å². The first-order valence-corrected chi connectivity index (χ1v) is 5.41. The molecule has 0 saturated carbocycles. The summed E-state index contributed by atoms with van der Waals surface area (Å²) >= 11 is 0. The average molecular weight is 343 g/mol. The molecule has 0 aliphatic carbocycles. The van der Waals surface area contributed by atoms with Crippen molar-refractivity contribution >= 4 is 20.8 Å². The van der Waals surface area contributed by atoms with Crippen molar-refractivity contribution in [3.63, 3.8) is 0 Å². The maximum atomic E-state index is 8.52. The van der Waals surface area contributed by atoms with Crippen LogP contribution in [0.5, 0.6) is 0 Å². The molecule has 15 heavy (non-hydrogen) atoms. The SMILES string of the molecule is CC(C)O.O=S(=O)([O-])[O-].O=S(=O)([O-])[O-].[Zr+4]. The van der Waals surface area contributed by atoms with Crippen molar-refractivity contribution in [1.29, 1.82) is 0 Å². The molecule has 90 valence electrons. The average Bonchev–Trinajstić information content (AvgIpc) is 1.45. The van der Waals surface area contributed by atoms with Gasteiger partial charge in [0.15, 0.2) is 0 Å². The molecule has 0 fully saturated rings. The summed E-state index contributed by atoms with van der Waals surface area (Å²) < 4.78 is 68.2. The summed E-state index contributed by atoms with van der Waals surface area (Å²) in [6.45, 7) is 3.44. The zero-order valence-corrected chi connectivity index (χ0v) is 11.7. The van der Waals surface area contributed by atoms with Gasteiger partial charge in [0.05, 0.1) is 0 Å². The third kappa shape index (κ3) is 6790. The topological polar surface area (TPSA) is 181 Å². The van der Waals surface area contributed by atoms with Crippen LogP contribution in [0.3, 0.4) is 0 Å². The third-order valence-corrected chi connectivity index (χ3v) is 0. The molecule has 0 aromatic carbocycles. The molecule has 0 atom stereocenters. The van der Waals surface area contributed by atoms with Gasteiger partial charge in [-0.15, -0.1) is 0 Å². The molecule has 0 heterocycles. The van der Waals surface area contributed by atoms with Crippen molar-refractivity contribution in [2.24, 2.45) is 0 Å². The number of hydrogen-bond acceptors (Lipinski definition) is 9. The van der Waals surface area contributed by atoms with Gasteiger partial charge in [-0.05, 0) is 13.8 Å². The number of rotatable bonds is 0. The van der Waals surface area contributed by atoms with E-state index in [9.17, 15) is 0 Å². The molecule has 0 aromatic heterocycles. The van der Waals surface area contributed by atoms with Crippen molar-refractivity contribution in [3.8, 4) is 0 Å². The minimum Gasteiger partial charge on any atom is -0.759 e. The second-order valence-corrected chi connectivity index (χ2v) is 3.54. The quantitative estimate of drug-likeness (QED) is 0.373. The second kappa shape index (κ2) is 11.1. The van der Waals surface area contributed by atoms with Gasteiger partial charge in [0.1, 0.15) is 0 Å². The van der Waals surface area contributed by atoms with Crippen molar-refractivity contribution in [1.82, 2.24) is 0 Å². The van der Waals surface area contributed by atoms with Gasteiger partial charge < -0.3 is 23.3 Å². The van der Waals surface area contributed by atoms with Gasteiger partial charge in [-0.1, -0.05) is 0 Å². The van der Waals surface area contributed by atoms with Crippen LogP contribution >= 0.6 is 0 Å². The van der Waals surface area contributed by atoms with Gasteiger partial charge in [0.2, 0.25) is 0 Å². The Morgan fingerprint density at radius 1 is 0.867 bits per heavy atom. The minimum absolute atomic E-state index is 0. The molecule has 0 saturated heterocycles. The molecule has 0 aliphatic heterocycles. The van der Waals surface area contributed by atoms with Gasteiger partial charge >= 0.3 is 26.2 Å². The fourth-order valence-corrected chi connectivity index (χ4v) is 0. The van der Waals surface area contributed by atoms with Crippen LogP contribution in [0, 0.1) is 0 Å². The van der Waals surface area contributed by atoms with Crippen LogP contribution in [0.2, 0.25) is 0 Å². The Morgan fingerprint density at radius 3 is 0.867 bits per heavy atom. The first kappa shape index (κ1) is 24.7. The maximum Gasteiger partial charge on any atom is 4.00 e. The predicted octanol–water partition coefficient (Wildman–Crippen LogP) is -2.29. The van der Waals surface area contributed by atoms with E-state index < -0.39 is 20.8 Å². The van der Waals surface area contributed by atoms with E-state index in [-0.39, 0.29) is 32.3 Å². The molecule has 12 heteroatoms. The summed E-state index contributed by atoms with van der Waals surface area (Å²) in [5.41, 5.74) is 0. The van der Waals surface area contributed by atoms with Crippen LogP contribution in [-0.4, -0.2) is 46.3 Å². The molecule has 0 aromatic rings. The Balaban J connectivity index is -0.0000000590. The molecule has 0 bridgehead atoms. The molecule has 0 spiro atoms. The number of hydrogen-bond donors (Lipinski definition) is 1. The largest absolute Gasteiger partial charge is 4.00 e. The fraction of sp³-hybridized carbons (Fsp3) is 1.00. The zero-order chi connectivity index (χ0) is 12.6. The summed E-state index contributed by atoms with van der Waals surface area (Å²) in [5, 5.41) is 8.06. The van der Waals surface area contributed by atoms with Gasteiger partial charge in [-0.25, -0.2) is 0 Å². The maximum absolute atomic E-state index is 8.52. The molecular weight excluding hydrogens is 335 g/mol. The number of aliphatic hydroxyl groups excluding tert-OH is 1. The smallest absolute Gasteiger partial charge is 0.759 e. The van der Waals surface area contributed by atoms with Crippen LogP contribution in [0.4, 0.5) is 0 Å². The Labute approximate surface area is 107 Å². The molecule has 0 aliphatic rings. The molecular formula is C3H8O9S2Zr. The van der Waals surface area contributed by atoms with E-state index in [1.165, 1.54) is 0 Å². The Bertz CT molecular complexity index is 253. The fourth-order valence-electron chi connectivity index (χ4n) is 0. The molecule has 0 unspecified atom stereocenters. The molecule has 0 amide bonds. The number of aliphatic hydroxyl groups is 1. The summed E-state index contributed by atoms with van der Waals surface area (Å²) in [5.74, 6) is 0. The molecule has 9 nitrogen and oxygen atoms in total. The Kier molecular flexibility index (Phi) is 18.2. The molecule has 0 rings (SSSR count). The van der Waals surface area contributed by atoms with E-state index in [4.69, 9.17) is 40.2 Å². The Hall–Kier alpha value is 0.583. The second-order valence-electron chi connectivity index (χ2n) is 1.91. The van der Waals surface area contributed by atoms with Crippen molar-refractivity contribution in [2.45, 2.75) is 20.0 Å². The predicted molar refractivity (Wildman–Crippen MR) is 38.3 cm³/mol. The summed E-state index contributed by atoms with van der Waals surface area (Å²) in [6, 6.07) is 0. The van der Waals surface area contributed by atoms with E-state index in [1.807, 2.05) is 0 Å². The van der Waals surface area contributed by atoms with E-state index in [0.29, 0.717) is 0 Å². The van der Waals surface area contributed by atoms with E-state index in [1.54, 1.807) is 13.8 Å². The van der Waals surface area contributed by atoms with Crippen LogP contribution in [0.25, 0.3) is 0 Å². The normalized spacial score (nSPS) is 10.1.